The molecular formula is C26H39FN6O. The number of carbonyl (C=O) groups excluding carboxylic acids is 1. The van der Waals surface area contributed by atoms with Gasteiger partial charge in [-0.3, -0.25) is 9.80 Å². The molecule has 1 aromatic carbocycles. The van der Waals surface area contributed by atoms with E-state index in [0.29, 0.717) is 25.5 Å². The first kappa shape index (κ1) is 27.1. The van der Waals surface area contributed by atoms with Gasteiger partial charge in [0, 0.05) is 31.5 Å². The van der Waals surface area contributed by atoms with Crippen molar-refractivity contribution in [2.75, 3.05) is 51.7 Å². The zero-order chi connectivity index (χ0) is 24.8. The van der Waals surface area contributed by atoms with Crippen LogP contribution in [0.3, 0.4) is 0 Å². The molecule has 1 aliphatic heterocycles. The van der Waals surface area contributed by atoms with Crippen LogP contribution in [0.1, 0.15) is 31.7 Å². The number of nitrogens with two attached hydrogens (primary N) is 1. The van der Waals surface area contributed by atoms with Gasteiger partial charge in [0.15, 0.2) is 5.84 Å². The van der Waals surface area contributed by atoms with Crippen LogP contribution >= 0.6 is 0 Å². The molecule has 186 valence electrons. The maximum atomic E-state index is 13.8. The first-order valence-electron chi connectivity index (χ1n) is 12.0. The third kappa shape index (κ3) is 9.02. The van der Waals surface area contributed by atoms with Crippen LogP contribution in [-0.4, -0.2) is 68.8 Å². The Morgan fingerprint density at radius 1 is 1.26 bits per heavy atom. The summed E-state index contributed by atoms with van der Waals surface area (Å²) in [7, 11) is 4.02. The van der Waals surface area contributed by atoms with Gasteiger partial charge in [0.05, 0.1) is 6.54 Å². The van der Waals surface area contributed by atoms with Gasteiger partial charge in [0.25, 0.3) is 0 Å². The summed E-state index contributed by atoms with van der Waals surface area (Å²) in [6.07, 6.45) is 13.5. The first-order valence-corrected chi connectivity index (χ1v) is 12.0. The predicted molar refractivity (Wildman–Crippen MR) is 139 cm³/mol. The first-order chi connectivity index (χ1) is 16.5. The summed E-state index contributed by atoms with van der Waals surface area (Å²) in [6, 6.07) is 4.80. The highest BCUT2D eigenvalue weighted by Crippen LogP contribution is 2.29. The van der Waals surface area contributed by atoms with Gasteiger partial charge >= 0.3 is 0 Å². The standard InChI is InChI=1S/C26H39FN6O/c1-4-31(2)17-7-5-6-9-24(13-15-28)29-16-19-32(3)30-26(10-8-20-34)33-18-14-22-11-12-23(27)21-25(22)33/h8-13,15,20-21,29H,4-7,14,16-19,28H2,1-3H3/b10-8-,15-13-,24-9+,30-26+. The Bertz CT molecular complexity index is 895. The SMILES string of the molecule is CCN(C)CCCC/C=C(\C=C/N)NCCN(C)/N=C(\C=C/C=O)N1CCc2ccc(F)cc21. The number of amidine groups is 1. The zero-order valence-electron chi connectivity index (χ0n) is 20.7. The topological polar surface area (TPSA) is 77.2 Å². The van der Waals surface area contributed by atoms with Crippen LogP contribution in [0.4, 0.5) is 10.1 Å². The molecule has 0 radical (unpaired) electrons. The average Bonchev–Trinajstić information content (AvgIpc) is 3.24. The Hall–Kier alpha value is -3.13. The van der Waals surface area contributed by atoms with E-state index in [1.807, 2.05) is 23.0 Å². The van der Waals surface area contributed by atoms with E-state index in [2.05, 4.69) is 35.4 Å². The van der Waals surface area contributed by atoms with Crippen LogP contribution in [-0.2, 0) is 11.2 Å². The Labute approximate surface area is 203 Å². The molecule has 2 rings (SSSR count). The molecule has 0 atom stereocenters. The number of aldehydes is 1. The number of nitrogens with zero attached hydrogens (tertiary/aromatic N) is 4. The van der Waals surface area contributed by atoms with Crippen molar-refractivity contribution in [2.45, 2.75) is 32.6 Å². The van der Waals surface area contributed by atoms with E-state index in [0.717, 1.165) is 55.6 Å². The lowest BCUT2D eigenvalue weighted by Crippen LogP contribution is -2.32. The van der Waals surface area contributed by atoms with Gasteiger partial charge in [0.2, 0.25) is 0 Å². The highest BCUT2D eigenvalue weighted by Gasteiger charge is 2.23. The number of carbonyl (C=O) groups is 1. The second kappa shape index (κ2) is 14.9. The number of fused-ring (bicyclic) bond motifs is 1. The molecule has 1 heterocycles. The summed E-state index contributed by atoms with van der Waals surface area (Å²) in [5.41, 5.74) is 8.47. The monoisotopic (exact) mass is 470 g/mol. The van der Waals surface area contributed by atoms with Gasteiger partial charge in [0.1, 0.15) is 12.1 Å². The molecule has 3 N–H and O–H groups in total. The van der Waals surface area contributed by atoms with Crippen LogP contribution in [0.25, 0.3) is 0 Å². The van der Waals surface area contributed by atoms with E-state index >= 15 is 0 Å². The molecule has 0 spiro atoms. The summed E-state index contributed by atoms with van der Waals surface area (Å²) in [5.74, 6) is 0.320. The number of nitrogens with one attached hydrogen (secondary N) is 1. The maximum absolute atomic E-state index is 13.8. The molecule has 7 nitrogen and oxygen atoms in total. The summed E-state index contributed by atoms with van der Waals surface area (Å²) in [6.45, 7) is 6.35. The van der Waals surface area contributed by atoms with E-state index in [4.69, 9.17) is 5.73 Å². The van der Waals surface area contributed by atoms with Crippen molar-refractivity contribution in [2.24, 2.45) is 10.8 Å². The highest BCUT2D eigenvalue weighted by atomic mass is 19.1. The van der Waals surface area contributed by atoms with Crippen molar-refractivity contribution in [3.63, 3.8) is 0 Å². The molecule has 0 saturated heterocycles. The number of likely N-dealkylation sites (N-methyl/N-ethyl adjacent to an activating group) is 1. The Kier molecular flexibility index (Phi) is 11.9. The van der Waals surface area contributed by atoms with Crippen LogP contribution in [0.15, 0.2) is 59.5 Å². The minimum Gasteiger partial charge on any atom is -0.405 e. The lowest BCUT2D eigenvalue weighted by Gasteiger charge is -2.22. The van der Waals surface area contributed by atoms with Gasteiger partial charge < -0.3 is 20.9 Å². The fourth-order valence-electron chi connectivity index (χ4n) is 3.72. The normalized spacial score (nSPS) is 14.4. The Morgan fingerprint density at radius 3 is 2.82 bits per heavy atom. The Balaban J connectivity index is 1.94. The fraction of sp³-hybridized carbons (Fsp3) is 0.462. The van der Waals surface area contributed by atoms with Crippen LogP contribution < -0.4 is 16.0 Å². The number of anilines is 1. The Morgan fingerprint density at radius 2 is 2.09 bits per heavy atom. The van der Waals surface area contributed by atoms with Gasteiger partial charge in [-0.05, 0) is 87.9 Å². The second-order valence-corrected chi connectivity index (χ2v) is 8.35. The van der Waals surface area contributed by atoms with Gasteiger partial charge in [-0.2, -0.15) is 5.10 Å². The molecule has 34 heavy (non-hydrogen) atoms. The molecule has 0 unspecified atom stereocenters. The fourth-order valence-corrected chi connectivity index (χ4v) is 3.72. The van der Waals surface area contributed by atoms with Crippen molar-refractivity contribution >= 4 is 17.8 Å². The third-order valence-electron chi connectivity index (χ3n) is 5.75. The minimum absolute atomic E-state index is 0.286. The molecule has 0 bridgehead atoms. The molecule has 0 saturated carbocycles. The van der Waals surface area contributed by atoms with Crippen molar-refractivity contribution < 1.29 is 9.18 Å². The van der Waals surface area contributed by atoms with Gasteiger partial charge in [-0.15, -0.1) is 0 Å². The quantitative estimate of drug-likeness (QED) is 0.0827. The van der Waals surface area contributed by atoms with Crippen molar-refractivity contribution in [3.05, 3.63) is 65.8 Å². The number of allylic oxidation sites excluding steroid dienone is 3. The van der Waals surface area contributed by atoms with Crippen LogP contribution in [0.2, 0.25) is 0 Å². The number of halogens is 1. The molecule has 8 heteroatoms. The lowest BCUT2D eigenvalue weighted by atomic mass is 10.2. The van der Waals surface area contributed by atoms with Crippen LogP contribution in [0.5, 0.6) is 0 Å². The summed E-state index contributed by atoms with van der Waals surface area (Å²) in [4.78, 5) is 15.2. The maximum Gasteiger partial charge on any atom is 0.153 e. The van der Waals surface area contributed by atoms with Gasteiger partial charge in [-0.1, -0.05) is 19.1 Å². The molecule has 1 aromatic rings. The van der Waals surface area contributed by atoms with E-state index < -0.39 is 0 Å². The molecule has 0 aliphatic carbocycles. The molecular weight excluding hydrogens is 431 g/mol. The number of hydrogen-bond acceptors (Lipinski definition) is 6. The molecule has 1 aliphatic rings. The second-order valence-electron chi connectivity index (χ2n) is 8.35. The average molecular weight is 471 g/mol. The van der Waals surface area contributed by atoms with E-state index in [1.165, 1.54) is 30.8 Å². The predicted octanol–water partition coefficient (Wildman–Crippen LogP) is 3.26. The van der Waals surface area contributed by atoms with Crippen molar-refractivity contribution in [3.8, 4) is 0 Å². The number of unbranched alkanes of at least 4 members (excludes halogenated alkanes) is 2. The van der Waals surface area contributed by atoms with Gasteiger partial charge in [-0.25, -0.2) is 4.39 Å². The van der Waals surface area contributed by atoms with Crippen molar-refractivity contribution in [1.82, 2.24) is 15.2 Å². The zero-order valence-corrected chi connectivity index (χ0v) is 20.7. The van der Waals surface area contributed by atoms with E-state index in [9.17, 15) is 9.18 Å². The summed E-state index contributed by atoms with van der Waals surface area (Å²) >= 11 is 0. The van der Waals surface area contributed by atoms with Crippen LogP contribution in [0, 0.1) is 5.82 Å². The van der Waals surface area contributed by atoms with Crippen molar-refractivity contribution in [1.29, 1.82) is 0 Å². The summed E-state index contributed by atoms with van der Waals surface area (Å²) < 4.78 is 13.8. The van der Waals surface area contributed by atoms with E-state index in [-0.39, 0.29) is 5.82 Å². The molecule has 0 fully saturated rings. The smallest absolute Gasteiger partial charge is 0.153 e. The minimum atomic E-state index is -0.286. The highest BCUT2D eigenvalue weighted by molar-refractivity contribution is 6.08. The lowest BCUT2D eigenvalue weighted by molar-refractivity contribution is -0.104. The molecule has 0 amide bonds. The largest absolute Gasteiger partial charge is 0.405 e. The molecule has 0 aromatic heterocycles. The number of rotatable bonds is 14. The summed E-state index contributed by atoms with van der Waals surface area (Å²) in [5, 5.41) is 9.91. The van der Waals surface area contributed by atoms with E-state index in [1.54, 1.807) is 12.1 Å². The number of hydrazone groups is 1. The number of hydrogen-bond donors (Lipinski definition) is 2. The third-order valence-corrected chi connectivity index (χ3v) is 5.75. The number of benzene rings is 1.